The minimum Gasteiger partial charge on any atom is -0.444 e. The van der Waals surface area contributed by atoms with E-state index in [0.29, 0.717) is 31.1 Å². The minimum absolute atomic E-state index is 0.386. The standard InChI is InChI=1S/C17H35N5O2/c1-12(2)22-10-13(3)14(11-22)21-15(18-7)19-8-9-20-16(23)24-17(4,5)6/h12-14H,8-11H2,1-7H3,(H,20,23)(H2,18,19,21). The molecule has 0 spiro atoms. The molecule has 0 aromatic rings. The van der Waals surface area contributed by atoms with Gasteiger partial charge >= 0.3 is 6.09 Å². The third kappa shape index (κ3) is 7.38. The van der Waals surface area contributed by atoms with Gasteiger partial charge in [-0.15, -0.1) is 0 Å². The SMILES string of the molecule is CN=C(NCCNC(=O)OC(C)(C)C)NC1CN(C(C)C)CC1C. The van der Waals surface area contributed by atoms with Gasteiger partial charge in [0.2, 0.25) is 0 Å². The number of carbonyl (C=O) groups is 1. The summed E-state index contributed by atoms with van der Waals surface area (Å²) in [4.78, 5) is 18.3. The Morgan fingerprint density at radius 3 is 2.38 bits per heavy atom. The zero-order chi connectivity index (χ0) is 18.3. The van der Waals surface area contributed by atoms with Crippen LogP contribution in [0.15, 0.2) is 4.99 Å². The topological polar surface area (TPSA) is 78.0 Å². The van der Waals surface area contributed by atoms with Gasteiger partial charge in [0.25, 0.3) is 0 Å². The van der Waals surface area contributed by atoms with Crippen molar-refractivity contribution in [1.29, 1.82) is 0 Å². The van der Waals surface area contributed by atoms with Crippen molar-refractivity contribution in [3.63, 3.8) is 0 Å². The number of hydrogen-bond acceptors (Lipinski definition) is 4. The highest BCUT2D eigenvalue weighted by Crippen LogP contribution is 2.18. The molecule has 0 radical (unpaired) electrons. The molecule has 3 N–H and O–H groups in total. The van der Waals surface area contributed by atoms with Crippen molar-refractivity contribution in [2.24, 2.45) is 10.9 Å². The molecule has 0 aromatic carbocycles. The smallest absolute Gasteiger partial charge is 0.407 e. The van der Waals surface area contributed by atoms with E-state index >= 15 is 0 Å². The van der Waals surface area contributed by atoms with E-state index in [4.69, 9.17) is 4.74 Å². The molecule has 0 aromatic heterocycles. The van der Waals surface area contributed by atoms with Gasteiger partial charge < -0.3 is 20.7 Å². The molecule has 1 heterocycles. The molecule has 7 heteroatoms. The molecule has 0 aliphatic carbocycles. The second-order valence-electron chi connectivity index (χ2n) is 7.70. The van der Waals surface area contributed by atoms with Gasteiger partial charge in [-0.1, -0.05) is 6.92 Å². The van der Waals surface area contributed by atoms with Gasteiger partial charge in [0, 0.05) is 45.3 Å². The second kappa shape index (κ2) is 9.11. The number of carbonyl (C=O) groups excluding carboxylic acids is 1. The van der Waals surface area contributed by atoms with Crippen molar-refractivity contribution in [1.82, 2.24) is 20.9 Å². The summed E-state index contributed by atoms with van der Waals surface area (Å²) in [5.41, 5.74) is -0.476. The van der Waals surface area contributed by atoms with E-state index < -0.39 is 11.7 Å². The maximum atomic E-state index is 11.6. The molecule has 0 saturated carbocycles. The van der Waals surface area contributed by atoms with E-state index in [0.717, 1.165) is 19.0 Å². The maximum Gasteiger partial charge on any atom is 0.407 e. The number of nitrogens with one attached hydrogen (secondary N) is 3. The van der Waals surface area contributed by atoms with Crippen LogP contribution >= 0.6 is 0 Å². The number of alkyl carbamates (subject to hydrolysis) is 1. The first-order valence-electron chi connectivity index (χ1n) is 8.80. The molecular weight excluding hydrogens is 306 g/mol. The third-order valence-electron chi connectivity index (χ3n) is 4.00. The quantitative estimate of drug-likeness (QED) is 0.400. The Labute approximate surface area is 146 Å². The van der Waals surface area contributed by atoms with Crippen LogP contribution < -0.4 is 16.0 Å². The number of aliphatic imine (C=N–C) groups is 1. The summed E-state index contributed by atoms with van der Waals surface area (Å²) < 4.78 is 5.20. The van der Waals surface area contributed by atoms with Gasteiger partial charge in [-0.05, 0) is 40.5 Å². The van der Waals surface area contributed by atoms with Gasteiger partial charge in [-0.3, -0.25) is 9.89 Å². The predicted octanol–water partition coefficient (Wildman–Crippen LogP) is 1.40. The van der Waals surface area contributed by atoms with E-state index in [2.05, 4.69) is 46.6 Å². The first-order valence-corrected chi connectivity index (χ1v) is 8.80. The molecule has 1 saturated heterocycles. The first-order chi connectivity index (χ1) is 11.1. The summed E-state index contributed by atoms with van der Waals surface area (Å²) in [6.45, 7) is 15.5. The van der Waals surface area contributed by atoms with Crippen molar-refractivity contribution >= 4 is 12.1 Å². The van der Waals surface area contributed by atoms with E-state index in [9.17, 15) is 4.79 Å². The molecule has 1 fully saturated rings. The monoisotopic (exact) mass is 341 g/mol. The van der Waals surface area contributed by atoms with Crippen molar-refractivity contribution in [2.75, 3.05) is 33.2 Å². The van der Waals surface area contributed by atoms with E-state index in [1.165, 1.54) is 0 Å². The largest absolute Gasteiger partial charge is 0.444 e. The fourth-order valence-corrected chi connectivity index (χ4v) is 2.64. The minimum atomic E-state index is -0.476. The molecule has 24 heavy (non-hydrogen) atoms. The van der Waals surface area contributed by atoms with Crippen LogP contribution in [0.3, 0.4) is 0 Å². The van der Waals surface area contributed by atoms with E-state index in [-0.39, 0.29) is 0 Å². The molecule has 1 rings (SSSR count). The number of amides is 1. The van der Waals surface area contributed by atoms with Crippen LogP contribution in [0.5, 0.6) is 0 Å². The summed E-state index contributed by atoms with van der Waals surface area (Å²) in [6, 6.07) is 0.949. The van der Waals surface area contributed by atoms with Crippen molar-refractivity contribution in [3.8, 4) is 0 Å². The average molecular weight is 342 g/mol. The van der Waals surface area contributed by atoms with Crippen LogP contribution in [0.4, 0.5) is 4.79 Å². The fraction of sp³-hybridized carbons (Fsp3) is 0.882. The Balaban J connectivity index is 2.30. The fourth-order valence-electron chi connectivity index (χ4n) is 2.64. The van der Waals surface area contributed by atoms with Gasteiger partial charge in [-0.25, -0.2) is 4.79 Å². The van der Waals surface area contributed by atoms with Crippen LogP contribution in [0.1, 0.15) is 41.5 Å². The highest BCUT2D eigenvalue weighted by atomic mass is 16.6. The lowest BCUT2D eigenvalue weighted by atomic mass is 10.1. The zero-order valence-corrected chi connectivity index (χ0v) is 16.3. The lowest BCUT2D eigenvalue weighted by Gasteiger charge is -2.22. The lowest BCUT2D eigenvalue weighted by molar-refractivity contribution is 0.0529. The summed E-state index contributed by atoms with van der Waals surface area (Å²) in [7, 11) is 1.76. The Hall–Kier alpha value is -1.50. The predicted molar refractivity (Wildman–Crippen MR) is 98.4 cm³/mol. The summed E-state index contributed by atoms with van der Waals surface area (Å²) in [6.07, 6.45) is -0.399. The van der Waals surface area contributed by atoms with E-state index in [1.807, 2.05) is 20.8 Å². The van der Waals surface area contributed by atoms with Gasteiger partial charge in [0.05, 0.1) is 0 Å². The Bertz CT molecular complexity index is 431. The summed E-state index contributed by atoms with van der Waals surface area (Å²) in [5.74, 6) is 1.34. The highest BCUT2D eigenvalue weighted by Gasteiger charge is 2.31. The summed E-state index contributed by atoms with van der Waals surface area (Å²) >= 11 is 0. The zero-order valence-electron chi connectivity index (χ0n) is 16.3. The lowest BCUT2D eigenvalue weighted by Crippen LogP contribution is -2.48. The Kier molecular flexibility index (Phi) is 7.79. The van der Waals surface area contributed by atoms with Crippen LogP contribution in [-0.2, 0) is 4.74 Å². The van der Waals surface area contributed by atoms with Gasteiger partial charge in [0.1, 0.15) is 5.60 Å². The number of nitrogens with zero attached hydrogens (tertiary/aromatic N) is 2. The highest BCUT2D eigenvalue weighted by molar-refractivity contribution is 5.80. The molecule has 2 unspecified atom stereocenters. The molecule has 140 valence electrons. The maximum absolute atomic E-state index is 11.6. The number of likely N-dealkylation sites (tertiary alicyclic amines) is 1. The van der Waals surface area contributed by atoms with Crippen molar-refractivity contribution in [3.05, 3.63) is 0 Å². The molecule has 7 nitrogen and oxygen atoms in total. The van der Waals surface area contributed by atoms with Gasteiger partial charge in [0.15, 0.2) is 5.96 Å². The number of ether oxygens (including phenoxy) is 1. The third-order valence-corrected chi connectivity index (χ3v) is 4.00. The summed E-state index contributed by atoms with van der Waals surface area (Å²) in [5, 5.41) is 9.44. The van der Waals surface area contributed by atoms with Crippen LogP contribution in [0.2, 0.25) is 0 Å². The Morgan fingerprint density at radius 1 is 1.25 bits per heavy atom. The Morgan fingerprint density at radius 2 is 1.88 bits per heavy atom. The van der Waals surface area contributed by atoms with Gasteiger partial charge in [-0.2, -0.15) is 0 Å². The molecular formula is C17H35N5O2. The number of rotatable bonds is 5. The number of guanidine groups is 1. The molecule has 0 bridgehead atoms. The van der Waals surface area contributed by atoms with Crippen LogP contribution in [-0.4, -0.2) is 67.9 Å². The van der Waals surface area contributed by atoms with Crippen LogP contribution in [0, 0.1) is 5.92 Å². The average Bonchev–Trinajstić information content (AvgIpc) is 2.81. The molecule has 1 aliphatic rings. The van der Waals surface area contributed by atoms with Crippen molar-refractivity contribution < 1.29 is 9.53 Å². The molecule has 1 amide bonds. The molecule has 2 atom stereocenters. The second-order valence-corrected chi connectivity index (χ2v) is 7.70. The number of hydrogen-bond donors (Lipinski definition) is 3. The van der Waals surface area contributed by atoms with Crippen molar-refractivity contribution in [2.45, 2.75) is 59.2 Å². The van der Waals surface area contributed by atoms with E-state index in [1.54, 1.807) is 7.05 Å². The first kappa shape index (κ1) is 20.5. The van der Waals surface area contributed by atoms with Crippen LogP contribution in [0.25, 0.3) is 0 Å². The molecule has 1 aliphatic heterocycles. The normalized spacial score (nSPS) is 22.6.